The van der Waals surface area contributed by atoms with Crippen molar-refractivity contribution in [2.45, 2.75) is 13.1 Å². The van der Waals surface area contributed by atoms with Gasteiger partial charge in [-0.05, 0) is 25.1 Å². The molecule has 0 unspecified atom stereocenters. The van der Waals surface area contributed by atoms with Gasteiger partial charge in [-0.3, -0.25) is 0 Å². The maximum Gasteiger partial charge on any atom is 0.435 e. The van der Waals surface area contributed by atoms with Gasteiger partial charge in [-0.2, -0.15) is 18.3 Å². The van der Waals surface area contributed by atoms with Crippen LogP contribution in [0.3, 0.4) is 0 Å². The summed E-state index contributed by atoms with van der Waals surface area (Å²) in [5.41, 5.74) is -1.23. The average molecular weight is 305 g/mol. The second-order valence-electron chi connectivity index (χ2n) is 4.03. The molecule has 0 saturated carbocycles. The topological polar surface area (TPSA) is 55.1 Å². The number of carbonyl (C=O) groups is 1. The van der Waals surface area contributed by atoms with Gasteiger partial charge in [0, 0.05) is 5.56 Å². The van der Waals surface area contributed by atoms with Crippen molar-refractivity contribution in [2.75, 3.05) is 0 Å². The lowest BCUT2D eigenvalue weighted by Crippen LogP contribution is -2.08. The summed E-state index contributed by atoms with van der Waals surface area (Å²) in [6.45, 7) is 1.20. The summed E-state index contributed by atoms with van der Waals surface area (Å²) < 4.78 is 39.1. The van der Waals surface area contributed by atoms with E-state index in [0.29, 0.717) is 0 Å². The molecule has 0 bridgehead atoms. The van der Waals surface area contributed by atoms with E-state index in [-0.39, 0.29) is 22.0 Å². The van der Waals surface area contributed by atoms with Crippen LogP contribution in [0.25, 0.3) is 5.69 Å². The van der Waals surface area contributed by atoms with Crippen molar-refractivity contribution >= 4 is 17.6 Å². The van der Waals surface area contributed by atoms with E-state index in [9.17, 15) is 18.0 Å². The molecule has 0 fully saturated rings. The third-order valence-electron chi connectivity index (χ3n) is 2.66. The molecule has 8 heteroatoms. The summed E-state index contributed by atoms with van der Waals surface area (Å²) in [5, 5.41) is 12.1. The largest absolute Gasteiger partial charge is 0.478 e. The Kier molecular flexibility index (Phi) is 3.47. The predicted octanol–water partition coefficient (Wildman–Crippen LogP) is 3.55. The van der Waals surface area contributed by atoms with Gasteiger partial charge in [-0.25, -0.2) is 9.48 Å². The highest BCUT2D eigenvalue weighted by Crippen LogP contribution is 2.34. The SMILES string of the molecule is Cc1c(C(F)(F)F)nn(-c2cccc(C(=O)O)c2)c1Cl. The van der Waals surface area contributed by atoms with E-state index >= 15 is 0 Å². The first kappa shape index (κ1) is 14.4. The van der Waals surface area contributed by atoms with Crippen molar-refractivity contribution in [3.8, 4) is 5.69 Å². The Morgan fingerprint density at radius 3 is 2.55 bits per heavy atom. The number of carboxylic acid groups (broad SMARTS) is 1. The summed E-state index contributed by atoms with van der Waals surface area (Å²) >= 11 is 5.84. The van der Waals surface area contributed by atoms with Crippen LogP contribution in [-0.2, 0) is 6.18 Å². The number of aromatic carboxylic acids is 1. The molecule has 1 N–H and O–H groups in total. The van der Waals surface area contributed by atoms with Gasteiger partial charge in [0.05, 0.1) is 11.3 Å². The number of halogens is 4. The van der Waals surface area contributed by atoms with Gasteiger partial charge in [0.15, 0.2) is 5.69 Å². The second kappa shape index (κ2) is 4.82. The molecule has 106 valence electrons. The van der Waals surface area contributed by atoms with Crippen molar-refractivity contribution in [3.63, 3.8) is 0 Å². The fraction of sp³-hybridized carbons (Fsp3) is 0.167. The van der Waals surface area contributed by atoms with E-state index in [1.165, 1.54) is 31.2 Å². The molecular weight excluding hydrogens is 297 g/mol. The van der Waals surface area contributed by atoms with Crippen molar-refractivity contribution < 1.29 is 23.1 Å². The highest BCUT2D eigenvalue weighted by molar-refractivity contribution is 6.30. The van der Waals surface area contributed by atoms with E-state index in [1.54, 1.807) is 0 Å². The second-order valence-corrected chi connectivity index (χ2v) is 4.39. The standard InChI is InChI=1S/C12H8ClF3N2O2/c1-6-9(12(14,15)16)17-18(10(6)13)8-4-2-3-7(5-8)11(19)20/h2-5H,1H3,(H,19,20). The van der Waals surface area contributed by atoms with E-state index in [0.717, 1.165) is 4.68 Å². The minimum absolute atomic E-state index is 0.0692. The van der Waals surface area contributed by atoms with Crippen molar-refractivity contribution in [2.24, 2.45) is 0 Å². The van der Waals surface area contributed by atoms with Crippen molar-refractivity contribution in [3.05, 3.63) is 46.2 Å². The van der Waals surface area contributed by atoms with Gasteiger partial charge in [-0.1, -0.05) is 17.7 Å². The number of benzene rings is 1. The molecule has 0 radical (unpaired) electrons. The van der Waals surface area contributed by atoms with Crippen LogP contribution >= 0.6 is 11.6 Å². The number of nitrogens with zero attached hydrogens (tertiary/aromatic N) is 2. The number of carboxylic acids is 1. The number of rotatable bonds is 2. The third-order valence-corrected chi connectivity index (χ3v) is 3.10. The smallest absolute Gasteiger partial charge is 0.435 e. The third kappa shape index (κ3) is 2.49. The van der Waals surface area contributed by atoms with Crippen LogP contribution in [0, 0.1) is 6.92 Å². The number of hydrogen-bond donors (Lipinski definition) is 1. The lowest BCUT2D eigenvalue weighted by molar-refractivity contribution is -0.141. The Morgan fingerprint density at radius 1 is 1.40 bits per heavy atom. The van der Waals surface area contributed by atoms with Crippen LogP contribution in [0.15, 0.2) is 24.3 Å². The molecule has 1 heterocycles. The van der Waals surface area contributed by atoms with Gasteiger partial charge in [0.2, 0.25) is 0 Å². The van der Waals surface area contributed by atoms with Crippen LogP contribution in [0.4, 0.5) is 13.2 Å². The predicted molar refractivity (Wildman–Crippen MR) is 65.3 cm³/mol. The van der Waals surface area contributed by atoms with E-state index in [1.807, 2.05) is 0 Å². The highest BCUT2D eigenvalue weighted by Gasteiger charge is 2.37. The van der Waals surface area contributed by atoms with E-state index < -0.39 is 17.8 Å². The van der Waals surface area contributed by atoms with Crippen LogP contribution < -0.4 is 0 Å². The Balaban J connectivity index is 2.59. The molecule has 2 rings (SSSR count). The fourth-order valence-electron chi connectivity index (χ4n) is 1.69. The Labute approximate surface area is 116 Å². The van der Waals surface area contributed by atoms with Crippen molar-refractivity contribution in [1.82, 2.24) is 9.78 Å². The first-order chi connectivity index (χ1) is 9.21. The summed E-state index contributed by atoms with van der Waals surface area (Å²) in [4.78, 5) is 10.9. The molecule has 1 aromatic heterocycles. The molecule has 0 aliphatic heterocycles. The quantitative estimate of drug-likeness (QED) is 0.923. The van der Waals surface area contributed by atoms with Gasteiger partial charge >= 0.3 is 12.1 Å². The van der Waals surface area contributed by atoms with E-state index in [2.05, 4.69) is 5.10 Å². The van der Waals surface area contributed by atoms with Crippen LogP contribution in [0.1, 0.15) is 21.6 Å². The zero-order valence-corrected chi connectivity index (χ0v) is 10.8. The summed E-state index contributed by atoms with van der Waals surface area (Å²) in [7, 11) is 0. The zero-order valence-electron chi connectivity index (χ0n) is 10.1. The molecule has 0 amide bonds. The molecule has 1 aromatic carbocycles. The zero-order chi connectivity index (χ0) is 15.1. The summed E-state index contributed by atoms with van der Waals surface area (Å²) in [6, 6.07) is 5.34. The van der Waals surface area contributed by atoms with E-state index in [4.69, 9.17) is 16.7 Å². The minimum atomic E-state index is -4.62. The molecule has 4 nitrogen and oxygen atoms in total. The molecule has 0 atom stereocenters. The van der Waals surface area contributed by atoms with Crippen LogP contribution in [-0.4, -0.2) is 20.9 Å². The van der Waals surface area contributed by atoms with Crippen LogP contribution in [0.2, 0.25) is 5.15 Å². The Hall–Kier alpha value is -2.02. The number of hydrogen-bond acceptors (Lipinski definition) is 2. The maximum atomic E-state index is 12.7. The Morgan fingerprint density at radius 2 is 2.05 bits per heavy atom. The highest BCUT2D eigenvalue weighted by atomic mass is 35.5. The van der Waals surface area contributed by atoms with Gasteiger partial charge < -0.3 is 5.11 Å². The lowest BCUT2D eigenvalue weighted by atomic mass is 10.2. The first-order valence-corrected chi connectivity index (χ1v) is 5.75. The summed E-state index contributed by atoms with van der Waals surface area (Å²) in [5.74, 6) is -1.19. The number of alkyl halides is 3. The molecule has 2 aromatic rings. The normalized spacial score (nSPS) is 11.7. The molecule has 0 spiro atoms. The molecule has 0 aliphatic rings. The summed E-state index contributed by atoms with van der Waals surface area (Å²) in [6.07, 6.45) is -4.62. The fourth-order valence-corrected chi connectivity index (χ4v) is 1.91. The van der Waals surface area contributed by atoms with Crippen LogP contribution in [0.5, 0.6) is 0 Å². The lowest BCUT2D eigenvalue weighted by Gasteiger charge is -2.04. The average Bonchev–Trinajstić information content (AvgIpc) is 2.66. The number of aromatic nitrogens is 2. The Bertz CT molecular complexity index is 680. The molecule has 20 heavy (non-hydrogen) atoms. The van der Waals surface area contributed by atoms with Crippen molar-refractivity contribution in [1.29, 1.82) is 0 Å². The molecule has 0 saturated heterocycles. The molecule has 0 aliphatic carbocycles. The molecular formula is C12H8ClF3N2O2. The minimum Gasteiger partial charge on any atom is -0.478 e. The maximum absolute atomic E-state index is 12.7. The van der Waals surface area contributed by atoms with Gasteiger partial charge in [0.1, 0.15) is 5.15 Å². The monoisotopic (exact) mass is 304 g/mol. The first-order valence-electron chi connectivity index (χ1n) is 5.38. The van der Waals surface area contributed by atoms with Gasteiger partial charge in [-0.15, -0.1) is 0 Å². The van der Waals surface area contributed by atoms with Gasteiger partial charge in [0.25, 0.3) is 0 Å².